The third kappa shape index (κ3) is 26.7. The molecule has 7 atom stereocenters. The molecule has 0 bridgehead atoms. The van der Waals surface area contributed by atoms with Crippen LogP contribution < -0.4 is 5.32 Å². The molecule has 6 N–H and O–H groups in total. The molecule has 56 heavy (non-hydrogen) atoms. The van der Waals surface area contributed by atoms with Crippen molar-refractivity contribution in [1.29, 1.82) is 0 Å². The van der Waals surface area contributed by atoms with Gasteiger partial charge in [0.15, 0.2) is 6.29 Å². The van der Waals surface area contributed by atoms with Crippen LogP contribution >= 0.6 is 0 Å². The molecular weight excluding hydrogens is 707 g/mol. The van der Waals surface area contributed by atoms with Crippen molar-refractivity contribution in [2.24, 2.45) is 0 Å². The number of carbonyl (C=O) groups is 1. The number of amides is 1. The molecule has 9 nitrogen and oxygen atoms in total. The highest BCUT2D eigenvalue weighted by molar-refractivity contribution is 5.76. The van der Waals surface area contributed by atoms with Crippen LogP contribution in [-0.4, -0.2) is 87.5 Å². The SMILES string of the molecule is CC/C=C\C/C=C\C/C=C\C/C=C\C/C=C\C/C=C\C/C=C\C/C=C\C/C=C\CCCC(=O)NC(COC1OC(CO)C(O)C(O)C1O)C(O)CCCCCC. The molecule has 0 aliphatic carbocycles. The number of hydrogen-bond donors (Lipinski definition) is 6. The van der Waals surface area contributed by atoms with E-state index in [0.29, 0.717) is 12.8 Å². The molecule has 0 aromatic rings. The van der Waals surface area contributed by atoms with Gasteiger partial charge in [-0.3, -0.25) is 4.79 Å². The minimum Gasteiger partial charge on any atom is -0.394 e. The lowest BCUT2D eigenvalue weighted by Gasteiger charge is -2.40. The first kappa shape index (κ1) is 50.9. The van der Waals surface area contributed by atoms with Crippen molar-refractivity contribution in [3.63, 3.8) is 0 Å². The molecule has 7 unspecified atom stereocenters. The second-order valence-corrected chi connectivity index (χ2v) is 14.1. The minimum absolute atomic E-state index is 0.173. The van der Waals surface area contributed by atoms with Gasteiger partial charge in [0.25, 0.3) is 0 Å². The number of nitrogens with one attached hydrogen (secondary N) is 1. The number of aliphatic hydroxyl groups is 5. The summed E-state index contributed by atoms with van der Waals surface area (Å²) in [4.78, 5) is 12.8. The number of allylic oxidation sites excluding steroid dienone is 18. The molecule has 1 saturated heterocycles. The number of unbranched alkanes of at least 4 members (excludes halogenated alkanes) is 4. The van der Waals surface area contributed by atoms with E-state index in [1.165, 1.54) is 0 Å². The number of ether oxygens (including phenoxy) is 2. The van der Waals surface area contributed by atoms with Crippen molar-refractivity contribution in [1.82, 2.24) is 5.32 Å². The fourth-order valence-corrected chi connectivity index (χ4v) is 5.75. The summed E-state index contributed by atoms with van der Waals surface area (Å²) in [5.41, 5.74) is 0. The summed E-state index contributed by atoms with van der Waals surface area (Å²) in [5, 5.41) is 53.6. The predicted octanol–water partition coefficient (Wildman–Crippen LogP) is 8.33. The molecule has 1 heterocycles. The lowest BCUT2D eigenvalue weighted by atomic mass is 9.99. The fourth-order valence-electron chi connectivity index (χ4n) is 5.75. The van der Waals surface area contributed by atoms with Crippen LogP contribution in [0.1, 0.15) is 123 Å². The molecule has 0 aromatic carbocycles. The Labute approximate surface area is 338 Å². The molecule has 0 saturated carbocycles. The van der Waals surface area contributed by atoms with Gasteiger partial charge >= 0.3 is 0 Å². The van der Waals surface area contributed by atoms with Crippen LogP contribution in [0.4, 0.5) is 0 Å². The summed E-state index contributed by atoms with van der Waals surface area (Å²) < 4.78 is 11.1. The van der Waals surface area contributed by atoms with E-state index < -0.39 is 49.5 Å². The smallest absolute Gasteiger partial charge is 0.220 e. The number of aliphatic hydroxyl groups excluding tert-OH is 5. The zero-order chi connectivity index (χ0) is 40.9. The molecule has 0 aromatic heterocycles. The highest BCUT2D eigenvalue weighted by Crippen LogP contribution is 2.22. The van der Waals surface area contributed by atoms with Crippen molar-refractivity contribution in [2.75, 3.05) is 13.2 Å². The zero-order valence-corrected chi connectivity index (χ0v) is 34.3. The number of rotatable bonds is 32. The second-order valence-electron chi connectivity index (χ2n) is 14.1. The van der Waals surface area contributed by atoms with Gasteiger partial charge in [-0.2, -0.15) is 0 Å². The first-order valence-electron chi connectivity index (χ1n) is 21.1. The van der Waals surface area contributed by atoms with Crippen LogP contribution in [0, 0.1) is 0 Å². The number of carbonyl (C=O) groups excluding carboxylic acids is 1. The monoisotopic (exact) mass is 782 g/mol. The third-order valence-corrected chi connectivity index (χ3v) is 9.14. The van der Waals surface area contributed by atoms with E-state index in [9.17, 15) is 30.3 Å². The Balaban J connectivity index is 2.23. The maximum Gasteiger partial charge on any atom is 0.220 e. The summed E-state index contributed by atoms with van der Waals surface area (Å²) in [6.45, 7) is 3.51. The second kappa shape index (κ2) is 36.2. The van der Waals surface area contributed by atoms with Gasteiger partial charge in [-0.25, -0.2) is 0 Å². The van der Waals surface area contributed by atoms with E-state index in [1.54, 1.807) is 0 Å². The summed E-state index contributed by atoms with van der Waals surface area (Å²) in [6, 6.07) is -0.753. The summed E-state index contributed by atoms with van der Waals surface area (Å²) in [7, 11) is 0. The van der Waals surface area contributed by atoms with Crippen molar-refractivity contribution < 1.29 is 39.8 Å². The quantitative estimate of drug-likeness (QED) is 0.0295. The predicted molar refractivity (Wildman–Crippen MR) is 230 cm³/mol. The maximum absolute atomic E-state index is 12.8. The largest absolute Gasteiger partial charge is 0.394 e. The van der Waals surface area contributed by atoms with Crippen molar-refractivity contribution in [3.8, 4) is 0 Å². The van der Waals surface area contributed by atoms with E-state index >= 15 is 0 Å². The van der Waals surface area contributed by atoms with E-state index in [4.69, 9.17) is 9.47 Å². The maximum atomic E-state index is 12.8. The summed E-state index contributed by atoms with van der Waals surface area (Å²) in [6.07, 6.45) is 46.0. The number of hydrogen-bond acceptors (Lipinski definition) is 8. The standard InChI is InChI=1S/C47H75NO8/c1-3-5-7-9-10-11-12-13-14-15-16-17-18-19-20-21-22-23-24-25-26-27-28-29-30-31-32-33-35-37-43(51)48-40(41(50)36-34-8-6-4-2)39-55-47-46(54)45(53)44(52)42(38-49)56-47/h5,7,10-11,13-14,16-17,19-20,22-23,25-26,28-29,31-32,40-42,44-47,49-50,52-54H,3-4,6,8-9,12,15,18,21,24,27,30,33-39H2,1-2H3,(H,48,51)/b7-5-,11-10-,14-13-,17-16-,20-19-,23-22-,26-25-,29-28-,32-31-. The first-order chi connectivity index (χ1) is 27.3. The van der Waals surface area contributed by atoms with Gasteiger partial charge in [-0.05, 0) is 77.0 Å². The molecule has 0 spiro atoms. The van der Waals surface area contributed by atoms with Crippen LogP contribution in [0.3, 0.4) is 0 Å². The van der Waals surface area contributed by atoms with Crippen LogP contribution in [0.15, 0.2) is 109 Å². The van der Waals surface area contributed by atoms with E-state index in [2.05, 4.69) is 129 Å². The van der Waals surface area contributed by atoms with Crippen molar-refractivity contribution >= 4 is 5.91 Å². The Bertz CT molecular complexity index is 1230. The van der Waals surface area contributed by atoms with Crippen LogP contribution in [0.25, 0.3) is 0 Å². The zero-order valence-electron chi connectivity index (χ0n) is 34.3. The molecule has 1 aliphatic heterocycles. The van der Waals surface area contributed by atoms with E-state index in [-0.39, 0.29) is 18.9 Å². The van der Waals surface area contributed by atoms with Crippen LogP contribution in [0.5, 0.6) is 0 Å². The minimum atomic E-state index is -1.57. The van der Waals surface area contributed by atoms with Crippen LogP contribution in [0.2, 0.25) is 0 Å². The topological polar surface area (TPSA) is 149 Å². The van der Waals surface area contributed by atoms with Gasteiger partial charge in [0.05, 0.1) is 25.4 Å². The average molecular weight is 782 g/mol. The molecule has 1 rings (SSSR count). The van der Waals surface area contributed by atoms with Crippen molar-refractivity contribution in [3.05, 3.63) is 109 Å². The third-order valence-electron chi connectivity index (χ3n) is 9.14. The molecule has 1 aliphatic rings. The Hall–Kier alpha value is -3.15. The van der Waals surface area contributed by atoms with Gasteiger partial charge < -0.3 is 40.3 Å². The average Bonchev–Trinajstić information content (AvgIpc) is 3.20. The normalized spacial score (nSPS) is 22.3. The molecular formula is C47H75NO8. The van der Waals surface area contributed by atoms with E-state index in [0.717, 1.165) is 89.9 Å². The Morgan fingerprint density at radius 3 is 1.54 bits per heavy atom. The lowest BCUT2D eigenvalue weighted by molar-refractivity contribution is -0.302. The van der Waals surface area contributed by atoms with Gasteiger partial charge in [0.2, 0.25) is 5.91 Å². The molecule has 1 amide bonds. The molecule has 0 radical (unpaired) electrons. The van der Waals surface area contributed by atoms with Crippen molar-refractivity contribution in [2.45, 2.75) is 166 Å². The molecule has 316 valence electrons. The van der Waals surface area contributed by atoms with Gasteiger partial charge in [0.1, 0.15) is 24.4 Å². The first-order valence-corrected chi connectivity index (χ1v) is 21.1. The lowest BCUT2D eigenvalue weighted by Crippen LogP contribution is -2.60. The summed E-state index contributed by atoms with van der Waals surface area (Å²) >= 11 is 0. The van der Waals surface area contributed by atoms with E-state index in [1.807, 2.05) is 0 Å². The Kier molecular flexibility index (Phi) is 32.9. The van der Waals surface area contributed by atoms with Crippen LogP contribution in [-0.2, 0) is 14.3 Å². The van der Waals surface area contributed by atoms with Gasteiger partial charge in [0, 0.05) is 6.42 Å². The fraction of sp³-hybridized carbons (Fsp3) is 0.596. The molecule has 9 heteroatoms. The Morgan fingerprint density at radius 2 is 1.09 bits per heavy atom. The highest BCUT2D eigenvalue weighted by atomic mass is 16.7. The van der Waals surface area contributed by atoms with Gasteiger partial charge in [-0.15, -0.1) is 0 Å². The van der Waals surface area contributed by atoms with Gasteiger partial charge in [-0.1, -0.05) is 149 Å². The highest BCUT2D eigenvalue weighted by Gasteiger charge is 2.44. The summed E-state index contributed by atoms with van der Waals surface area (Å²) in [5.74, 6) is -0.218. The molecule has 1 fully saturated rings. The Morgan fingerprint density at radius 1 is 0.625 bits per heavy atom.